The van der Waals surface area contributed by atoms with E-state index in [0.29, 0.717) is 6.42 Å². The van der Waals surface area contributed by atoms with Gasteiger partial charge in [0, 0.05) is 24.8 Å². The monoisotopic (exact) mass is 181 g/mol. The van der Waals surface area contributed by atoms with Gasteiger partial charge in [-0.15, -0.1) is 0 Å². The Hall–Kier alpha value is -1.09. The molecule has 3 heteroatoms. The van der Waals surface area contributed by atoms with Gasteiger partial charge in [-0.1, -0.05) is 0 Å². The summed E-state index contributed by atoms with van der Waals surface area (Å²) in [6.45, 7) is 0.960. The maximum atomic E-state index is 12.9. The van der Waals surface area contributed by atoms with Gasteiger partial charge in [-0.3, -0.25) is 0 Å². The third kappa shape index (κ3) is 1.52. The predicted molar refractivity (Wildman–Crippen MR) is 49.3 cm³/mol. The van der Waals surface area contributed by atoms with Crippen molar-refractivity contribution in [3.05, 3.63) is 29.6 Å². The first kappa shape index (κ1) is 8.51. The first-order valence-corrected chi connectivity index (χ1v) is 4.45. The molecule has 13 heavy (non-hydrogen) atoms. The Bertz CT molecular complexity index is 312. The molecule has 0 aromatic heterocycles. The number of hydrogen-bond acceptors (Lipinski definition) is 2. The minimum absolute atomic E-state index is 0.155. The summed E-state index contributed by atoms with van der Waals surface area (Å²) in [6, 6.07) is 4.75. The molecule has 1 unspecified atom stereocenters. The number of anilines is 1. The number of halogens is 1. The van der Waals surface area contributed by atoms with Crippen molar-refractivity contribution in [1.29, 1.82) is 0 Å². The molecule has 0 saturated heterocycles. The molecule has 0 spiro atoms. The Balaban J connectivity index is 2.29. The van der Waals surface area contributed by atoms with E-state index in [0.717, 1.165) is 17.8 Å². The molecule has 1 aromatic carbocycles. The highest BCUT2D eigenvalue weighted by Crippen LogP contribution is 2.33. The average Bonchev–Trinajstić information content (AvgIpc) is 2.49. The normalized spacial score (nSPS) is 19.7. The summed E-state index contributed by atoms with van der Waals surface area (Å²) >= 11 is 0. The molecular weight excluding hydrogens is 169 g/mol. The van der Waals surface area contributed by atoms with Crippen LogP contribution in [0.1, 0.15) is 17.9 Å². The van der Waals surface area contributed by atoms with Crippen molar-refractivity contribution in [1.82, 2.24) is 0 Å². The Kier molecular flexibility index (Phi) is 2.19. The van der Waals surface area contributed by atoms with E-state index in [1.165, 1.54) is 6.07 Å². The maximum Gasteiger partial charge on any atom is 0.123 e. The van der Waals surface area contributed by atoms with Crippen LogP contribution in [-0.4, -0.2) is 18.3 Å². The summed E-state index contributed by atoms with van der Waals surface area (Å²) in [6.07, 6.45) is 0.698. The molecule has 70 valence electrons. The van der Waals surface area contributed by atoms with Gasteiger partial charge in [0.15, 0.2) is 0 Å². The first-order chi connectivity index (χ1) is 6.31. The fraction of sp³-hybridized carbons (Fsp3) is 0.400. The number of aliphatic hydroxyl groups excluding tert-OH is 1. The number of aliphatic hydroxyl groups is 1. The molecule has 2 nitrogen and oxygen atoms in total. The number of benzene rings is 1. The van der Waals surface area contributed by atoms with Crippen molar-refractivity contribution in [3.63, 3.8) is 0 Å². The maximum absolute atomic E-state index is 12.9. The third-order valence-electron chi connectivity index (χ3n) is 2.47. The Morgan fingerprint density at radius 3 is 3.15 bits per heavy atom. The molecular formula is C10H12FNO. The van der Waals surface area contributed by atoms with Crippen LogP contribution in [0.15, 0.2) is 18.2 Å². The summed E-state index contributed by atoms with van der Waals surface area (Å²) in [4.78, 5) is 0. The summed E-state index contributed by atoms with van der Waals surface area (Å²) < 4.78 is 12.9. The number of hydrogen-bond donors (Lipinski definition) is 2. The van der Waals surface area contributed by atoms with Gasteiger partial charge in [0.2, 0.25) is 0 Å². The Morgan fingerprint density at radius 1 is 1.54 bits per heavy atom. The molecule has 0 fully saturated rings. The summed E-state index contributed by atoms with van der Waals surface area (Å²) in [5, 5.41) is 12.0. The highest BCUT2D eigenvalue weighted by molar-refractivity contribution is 5.57. The topological polar surface area (TPSA) is 32.3 Å². The van der Waals surface area contributed by atoms with Crippen LogP contribution in [-0.2, 0) is 0 Å². The second-order valence-corrected chi connectivity index (χ2v) is 3.32. The molecule has 1 aliphatic rings. The zero-order valence-electron chi connectivity index (χ0n) is 7.26. The van der Waals surface area contributed by atoms with Crippen LogP contribution < -0.4 is 5.32 Å². The van der Waals surface area contributed by atoms with Crippen molar-refractivity contribution in [2.24, 2.45) is 0 Å². The van der Waals surface area contributed by atoms with E-state index in [-0.39, 0.29) is 18.3 Å². The van der Waals surface area contributed by atoms with Crippen molar-refractivity contribution >= 4 is 5.69 Å². The lowest BCUT2D eigenvalue weighted by Gasteiger charge is -2.06. The van der Waals surface area contributed by atoms with Crippen LogP contribution in [0.4, 0.5) is 10.1 Å². The SMILES string of the molecule is OCCC1CNc2ccc(F)cc21. The molecule has 0 amide bonds. The molecule has 2 rings (SSSR count). The Morgan fingerprint density at radius 2 is 2.38 bits per heavy atom. The zero-order chi connectivity index (χ0) is 9.26. The molecule has 1 heterocycles. The molecule has 0 bridgehead atoms. The second kappa shape index (κ2) is 3.34. The van der Waals surface area contributed by atoms with Crippen LogP contribution >= 0.6 is 0 Å². The lowest BCUT2D eigenvalue weighted by molar-refractivity contribution is 0.278. The zero-order valence-corrected chi connectivity index (χ0v) is 7.26. The van der Waals surface area contributed by atoms with Crippen molar-refractivity contribution in [2.45, 2.75) is 12.3 Å². The van der Waals surface area contributed by atoms with Gasteiger partial charge in [-0.05, 0) is 30.2 Å². The minimum Gasteiger partial charge on any atom is -0.396 e. The van der Waals surface area contributed by atoms with Crippen LogP contribution in [0.2, 0.25) is 0 Å². The van der Waals surface area contributed by atoms with Gasteiger partial charge < -0.3 is 10.4 Å². The van der Waals surface area contributed by atoms with Crippen molar-refractivity contribution in [2.75, 3.05) is 18.5 Å². The van der Waals surface area contributed by atoms with Crippen molar-refractivity contribution < 1.29 is 9.50 Å². The van der Waals surface area contributed by atoms with Crippen LogP contribution in [0.25, 0.3) is 0 Å². The van der Waals surface area contributed by atoms with Crippen LogP contribution in [0.5, 0.6) is 0 Å². The molecule has 2 N–H and O–H groups in total. The summed E-state index contributed by atoms with van der Waals surface area (Å²) in [7, 11) is 0. The minimum atomic E-state index is -0.203. The van der Waals surface area contributed by atoms with Gasteiger partial charge in [-0.2, -0.15) is 0 Å². The van der Waals surface area contributed by atoms with Crippen LogP contribution in [0.3, 0.4) is 0 Å². The summed E-state index contributed by atoms with van der Waals surface area (Å²) in [5.74, 6) is 0.0566. The van der Waals surface area contributed by atoms with Gasteiger partial charge in [0.25, 0.3) is 0 Å². The quantitative estimate of drug-likeness (QED) is 0.728. The standard InChI is InChI=1S/C10H12FNO/c11-8-1-2-10-9(5-8)7(3-4-13)6-12-10/h1-2,5,7,12-13H,3-4,6H2. The van der Waals surface area contributed by atoms with Crippen LogP contribution in [0, 0.1) is 5.82 Å². The average molecular weight is 181 g/mol. The Labute approximate surface area is 76.4 Å². The van der Waals surface area contributed by atoms with E-state index >= 15 is 0 Å². The largest absolute Gasteiger partial charge is 0.396 e. The van der Waals surface area contributed by atoms with E-state index in [4.69, 9.17) is 5.11 Å². The van der Waals surface area contributed by atoms with Gasteiger partial charge >= 0.3 is 0 Å². The van der Waals surface area contributed by atoms with E-state index < -0.39 is 0 Å². The fourth-order valence-electron chi connectivity index (χ4n) is 1.79. The fourth-order valence-corrected chi connectivity index (χ4v) is 1.79. The summed E-state index contributed by atoms with van der Waals surface area (Å²) in [5.41, 5.74) is 1.99. The molecule has 0 aliphatic carbocycles. The van der Waals surface area contributed by atoms with E-state index in [1.54, 1.807) is 12.1 Å². The van der Waals surface area contributed by atoms with E-state index in [1.807, 2.05) is 0 Å². The highest BCUT2D eigenvalue weighted by atomic mass is 19.1. The molecule has 1 aliphatic heterocycles. The van der Waals surface area contributed by atoms with Crippen molar-refractivity contribution in [3.8, 4) is 0 Å². The van der Waals surface area contributed by atoms with E-state index in [2.05, 4.69) is 5.32 Å². The second-order valence-electron chi connectivity index (χ2n) is 3.32. The lowest BCUT2D eigenvalue weighted by atomic mass is 9.98. The van der Waals surface area contributed by atoms with Gasteiger partial charge in [0.05, 0.1) is 0 Å². The third-order valence-corrected chi connectivity index (χ3v) is 2.47. The number of nitrogens with one attached hydrogen (secondary N) is 1. The van der Waals surface area contributed by atoms with E-state index in [9.17, 15) is 4.39 Å². The number of fused-ring (bicyclic) bond motifs is 1. The predicted octanol–water partition coefficient (Wildman–Crippen LogP) is 1.72. The molecule has 0 radical (unpaired) electrons. The number of rotatable bonds is 2. The molecule has 1 aromatic rings. The smallest absolute Gasteiger partial charge is 0.123 e. The van der Waals surface area contributed by atoms with Gasteiger partial charge in [0.1, 0.15) is 5.82 Å². The lowest BCUT2D eigenvalue weighted by Crippen LogP contribution is -2.03. The molecule has 1 atom stereocenters. The highest BCUT2D eigenvalue weighted by Gasteiger charge is 2.21. The van der Waals surface area contributed by atoms with Gasteiger partial charge in [-0.25, -0.2) is 4.39 Å². The molecule has 0 saturated carbocycles. The first-order valence-electron chi connectivity index (χ1n) is 4.45.